The summed E-state index contributed by atoms with van der Waals surface area (Å²) >= 11 is 0. The van der Waals surface area contributed by atoms with Crippen molar-refractivity contribution in [3.8, 4) is 56.4 Å². The second-order valence-corrected chi connectivity index (χ2v) is 21.5. The molecular formula is C60H45N3O3S. The number of sulfone groups is 1. The average Bonchev–Trinajstić information content (AvgIpc) is 3.84. The van der Waals surface area contributed by atoms with Crippen LogP contribution in [0.15, 0.2) is 190 Å². The van der Waals surface area contributed by atoms with Gasteiger partial charge in [-0.3, -0.25) is 0 Å². The molecule has 3 aliphatic carbocycles. The quantitative estimate of drug-likeness (QED) is 0.171. The highest BCUT2D eigenvalue weighted by Crippen LogP contribution is 2.74. The van der Waals surface area contributed by atoms with E-state index in [-0.39, 0.29) is 16.7 Å². The molecule has 6 nitrogen and oxygen atoms in total. The highest BCUT2D eigenvalue weighted by Gasteiger charge is 2.65. The lowest BCUT2D eigenvalue weighted by atomic mass is 9.50. The second-order valence-electron chi connectivity index (χ2n) is 19.6. The van der Waals surface area contributed by atoms with Gasteiger partial charge in [-0.2, -0.15) is 0 Å². The molecule has 7 heteroatoms. The molecule has 4 atom stereocenters. The summed E-state index contributed by atoms with van der Waals surface area (Å²) < 4.78 is 35.9. The molecule has 0 N–H and O–H groups in total. The Morgan fingerprint density at radius 2 is 1.12 bits per heavy atom. The van der Waals surface area contributed by atoms with Crippen LogP contribution in [0.1, 0.15) is 62.0 Å². The minimum absolute atomic E-state index is 0.147. The molecule has 3 unspecified atom stereocenters. The van der Waals surface area contributed by atoms with E-state index in [0.29, 0.717) is 33.2 Å². The van der Waals surface area contributed by atoms with E-state index >= 15 is 0 Å². The summed E-state index contributed by atoms with van der Waals surface area (Å²) in [5.41, 5.74) is 10.8. The van der Waals surface area contributed by atoms with Gasteiger partial charge in [0.1, 0.15) is 11.2 Å². The Morgan fingerprint density at radius 3 is 1.96 bits per heavy atom. The van der Waals surface area contributed by atoms with Crippen molar-refractivity contribution in [2.45, 2.75) is 66.1 Å². The van der Waals surface area contributed by atoms with E-state index in [0.717, 1.165) is 102 Å². The van der Waals surface area contributed by atoms with Gasteiger partial charge in [0.2, 0.25) is 9.84 Å². The van der Waals surface area contributed by atoms with E-state index in [9.17, 15) is 8.42 Å². The van der Waals surface area contributed by atoms with Crippen LogP contribution in [0.4, 0.5) is 0 Å². The van der Waals surface area contributed by atoms with Crippen LogP contribution in [0, 0.1) is 11.3 Å². The Bertz CT molecular complexity index is 3790. The smallest absolute Gasteiger partial charge is 0.207 e. The predicted octanol–water partition coefficient (Wildman–Crippen LogP) is 14.8. The van der Waals surface area contributed by atoms with Crippen LogP contribution >= 0.6 is 0 Å². The number of fused-ring (bicyclic) bond motifs is 7. The summed E-state index contributed by atoms with van der Waals surface area (Å²) in [5, 5.41) is 4.28. The topological polar surface area (TPSA) is 86.0 Å². The molecule has 2 aromatic heterocycles. The highest BCUT2D eigenvalue weighted by molar-refractivity contribution is 7.91. The first-order chi connectivity index (χ1) is 32.9. The normalized spacial score (nSPS) is 22.3. The monoisotopic (exact) mass is 887 g/mol. The highest BCUT2D eigenvalue weighted by atomic mass is 32.2. The van der Waals surface area contributed by atoms with Crippen LogP contribution in [-0.4, -0.2) is 23.4 Å². The molecule has 3 fully saturated rings. The van der Waals surface area contributed by atoms with E-state index in [1.54, 1.807) is 0 Å². The molecule has 67 heavy (non-hydrogen) atoms. The molecule has 4 aliphatic rings. The van der Waals surface area contributed by atoms with Crippen LogP contribution in [0.3, 0.4) is 0 Å². The van der Waals surface area contributed by atoms with Crippen molar-refractivity contribution in [1.29, 1.82) is 0 Å². The fourth-order valence-corrected chi connectivity index (χ4v) is 15.3. The lowest BCUT2D eigenvalue weighted by Crippen LogP contribution is -2.45. The van der Waals surface area contributed by atoms with Crippen LogP contribution in [-0.2, 0) is 15.3 Å². The van der Waals surface area contributed by atoms with Crippen molar-refractivity contribution in [2.75, 3.05) is 0 Å². The molecule has 1 spiro atoms. The first-order valence-electron chi connectivity index (χ1n) is 23.7. The fourth-order valence-electron chi connectivity index (χ4n) is 13.5. The van der Waals surface area contributed by atoms with Crippen molar-refractivity contribution < 1.29 is 12.8 Å². The molecule has 8 aromatic carbocycles. The minimum atomic E-state index is -3.75. The zero-order valence-corrected chi connectivity index (χ0v) is 37.6. The summed E-state index contributed by atoms with van der Waals surface area (Å²) in [6, 6.07) is 60.1. The third-order valence-corrected chi connectivity index (χ3v) is 18.1. The molecule has 3 heterocycles. The second kappa shape index (κ2) is 14.4. The van der Waals surface area contributed by atoms with E-state index in [1.165, 1.54) is 25.7 Å². The maximum absolute atomic E-state index is 14.9. The van der Waals surface area contributed by atoms with E-state index in [2.05, 4.69) is 97.1 Å². The lowest BCUT2D eigenvalue weighted by Gasteiger charge is -2.54. The van der Waals surface area contributed by atoms with Crippen molar-refractivity contribution in [3.05, 3.63) is 187 Å². The standard InChI is InChI=1S/C60H45N3O3S/c64-67(65)53-19-9-7-17-48(53)55-59-30-10-11-37(35-59)36-60(55,32-31-59)50-34-42(25-29-54(50)67)43-26-27-47(45-15-5-4-14-44(43)45)58-62-56(39-12-2-1-3-13-39)61-57(63-58)40-22-20-38(21-23-40)41-24-28-52-49(33-41)46-16-6-8-18-51(46)66-52/h1-9,12-29,33-34,37,55H,10-11,30-32,35-36H2/t37-,55?,59?,60?/m0/s1. The van der Waals surface area contributed by atoms with Crippen molar-refractivity contribution in [2.24, 2.45) is 11.3 Å². The largest absolute Gasteiger partial charge is 0.456 e. The number of hydrogen-bond acceptors (Lipinski definition) is 6. The Morgan fingerprint density at radius 1 is 0.478 bits per heavy atom. The summed E-state index contributed by atoms with van der Waals surface area (Å²) in [6.45, 7) is 0. The minimum Gasteiger partial charge on any atom is -0.456 e. The number of para-hydroxylation sites is 1. The first kappa shape index (κ1) is 39.0. The van der Waals surface area contributed by atoms with Gasteiger partial charge in [-0.05, 0) is 130 Å². The molecule has 1 aliphatic heterocycles. The van der Waals surface area contributed by atoms with E-state index in [1.807, 2.05) is 78.9 Å². The van der Waals surface area contributed by atoms with Gasteiger partial charge in [0.05, 0.1) is 9.79 Å². The van der Waals surface area contributed by atoms with Gasteiger partial charge in [-0.1, -0.05) is 146 Å². The van der Waals surface area contributed by atoms with Gasteiger partial charge >= 0.3 is 0 Å². The average molecular weight is 888 g/mol. The van der Waals surface area contributed by atoms with Gasteiger partial charge in [-0.15, -0.1) is 0 Å². The van der Waals surface area contributed by atoms with E-state index in [4.69, 9.17) is 19.4 Å². The van der Waals surface area contributed by atoms with Crippen molar-refractivity contribution in [1.82, 2.24) is 15.0 Å². The van der Waals surface area contributed by atoms with Crippen molar-refractivity contribution in [3.63, 3.8) is 0 Å². The van der Waals surface area contributed by atoms with Gasteiger partial charge < -0.3 is 4.42 Å². The summed E-state index contributed by atoms with van der Waals surface area (Å²) in [7, 11) is -3.75. The molecule has 3 saturated carbocycles. The number of rotatable bonds is 5. The van der Waals surface area contributed by atoms with Gasteiger partial charge in [0.25, 0.3) is 0 Å². The third kappa shape index (κ3) is 5.80. The zero-order chi connectivity index (χ0) is 44.5. The molecule has 324 valence electrons. The maximum Gasteiger partial charge on any atom is 0.207 e. The fraction of sp³-hybridized carbons (Fsp3) is 0.183. The molecular weight excluding hydrogens is 843 g/mol. The molecule has 0 radical (unpaired) electrons. The Labute approximate surface area is 389 Å². The number of nitrogens with zero attached hydrogens (tertiary/aromatic N) is 3. The molecule has 3 bridgehead atoms. The number of hydrogen-bond donors (Lipinski definition) is 0. The van der Waals surface area contributed by atoms with Crippen LogP contribution in [0.25, 0.3) is 89.1 Å². The molecule has 14 rings (SSSR count). The first-order valence-corrected chi connectivity index (χ1v) is 25.2. The number of aromatic nitrogens is 3. The Kier molecular flexibility index (Phi) is 8.37. The Hall–Kier alpha value is -7.22. The number of benzene rings is 8. The van der Waals surface area contributed by atoms with Crippen LogP contribution in [0.5, 0.6) is 0 Å². The van der Waals surface area contributed by atoms with E-state index < -0.39 is 9.84 Å². The van der Waals surface area contributed by atoms with Crippen LogP contribution < -0.4 is 0 Å². The van der Waals surface area contributed by atoms with Crippen molar-refractivity contribution >= 4 is 42.5 Å². The van der Waals surface area contributed by atoms with Gasteiger partial charge in [-0.25, -0.2) is 23.4 Å². The Balaban J connectivity index is 0.891. The van der Waals surface area contributed by atoms with Crippen LogP contribution in [0.2, 0.25) is 0 Å². The molecule has 10 aromatic rings. The SMILES string of the molecule is O=S1(=O)c2ccccc2C2C34CCC[C@@H](C3)CC2(CC4)c2cc(-c3ccc(-c4nc(-c5ccccc5)nc(-c5ccc(-c6ccc7oc8ccccc8c7c6)cc5)n4)c4ccccc34)ccc21. The molecule has 0 amide bonds. The summed E-state index contributed by atoms with van der Waals surface area (Å²) in [5.74, 6) is 2.60. The molecule has 0 saturated heterocycles. The number of furan rings is 1. The van der Waals surface area contributed by atoms with Gasteiger partial charge in [0, 0.05) is 38.8 Å². The zero-order valence-electron chi connectivity index (χ0n) is 36.8. The maximum atomic E-state index is 14.9. The van der Waals surface area contributed by atoms with Gasteiger partial charge in [0.15, 0.2) is 17.5 Å². The summed E-state index contributed by atoms with van der Waals surface area (Å²) in [6.07, 6.45) is 8.11. The predicted molar refractivity (Wildman–Crippen MR) is 266 cm³/mol. The lowest BCUT2D eigenvalue weighted by molar-refractivity contribution is 0.0460. The third-order valence-electron chi connectivity index (χ3n) is 16.2. The summed E-state index contributed by atoms with van der Waals surface area (Å²) in [4.78, 5) is 16.5.